The van der Waals surface area contributed by atoms with Gasteiger partial charge in [-0.1, -0.05) is 12.1 Å². The summed E-state index contributed by atoms with van der Waals surface area (Å²) >= 11 is 0. The van der Waals surface area contributed by atoms with Gasteiger partial charge in [-0.05, 0) is 60.7 Å². The number of ether oxygens (including phenoxy) is 1. The van der Waals surface area contributed by atoms with Gasteiger partial charge in [0.15, 0.2) is 0 Å². The van der Waals surface area contributed by atoms with Gasteiger partial charge in [0.2, 0.25) is 21.8 Å². The fourth-order valence-electron chi connectivity index (χ4n) is 3.33. The molecule has 1 heterocycles. The maximum Gasteiger partial charge on any atom is 0.240 e. The van der Waals surface area contributed by atoms with Crippen LogP contribution in [0.2, 0.25) is 0 Å². The quantitative estimate of drug-likeness (QED) is 0.513. The predicted molar refractivity (Wildman–Crippen MR) is 117 cm³/mol. The van der Waals surface area contributed by atoms with E-state index in [0.29, 0.717) is 37.9 Å². The first-order valence-corrected chi connectivity index (χ1v) is 11.7. The molecule has 166 valence electrons. The van der Waals surface area contributed by atoms with Gasteiger partial charge in [0.05, 0.1) is 12.0 Å². The number of anilines is 1. The number of nitrogens with one attached hydrogen (secondary N) is 3. The Bertz CT molecular complexity index is 1050. The van der Waals surface area contributed by atoms with Crippen LogP contribution in [0, 0.1) is 0 Å². The van der Waals surface area contributed by atoms with Crippen LogP contribution in [0.3, 0.4) is 0 Å². The number of hydrogen-bond acceptors (Lipinski definition) is 5. The Morgan fingerprint density at radius 1 is 1.16 bits per heavy atom. The van der Waals surface area contributed by atoms with Crippen molar-refractivity contribution in [1.29, 1.82) is 0 Å². The van der Waals surface area contributed by atoms with Gasteiger partial charge in [-0.3, -0.25) is 9.59 Å². The highest BCUT2D eigenvalue weighted by molar-refractivity contribution is 7.89. The molecule has 1 aliphatic rings. The SMILES string of the molecule is COc1cccc(CNC(=O)CCCNS(=O)(=O)c2ccc3c(c2)CCCC(=O)N3)c1. The van der Waals surface area contributed by atoms with E-state index in [9.17, 15) is 18.0 Å². The fraction of sp³-hybridized carbons (Fsp3) is 0.364. The van der Waals surface area contributed by atoms with Crippen molar-refractivity contribution >= 4 is 27.5 Å². The van der Waals surface area contributed by atoms with E-state index in [1.54, 1.807) is 19.2 Å². The van der Waals surface area contributed by atoms with Gasteiger partial charge >= 0.3 is 0 Å². The number of aryl methyl sites for hydroxylation is 1. The zero-order valence-corrected chi connectivity index (χ0v) is 18.3. The second-order valence-electron chi connectivity index (χ2n) is 7.35. The number of carbonyl (C=O) groups excluding carboxylic acids is 2. The van der Waals surface area contributed by atoms with E-state index >= 15 is 0 Å². The molecule has 2 aromatic carbocycles. The Morgan fingerprint density at radius 3 is 2.81 bits per heavy atom. The van der Waals surface area contributed by atoms with Crippen molar-refractivity contribution < 1.29 is 22.7 Å². The molecule has 3 N–H and O–H groups in total. The number of sulfonamides is 1. The second-order valence-corrected chi connectivity index (χ2v) is 9.12. The molecule has 2 amide bonds. The zero-order valence-electron chi connectivity index (χ0n) is 17.4. The molecule has 0 fully saturated rings. The summed E-state index contributed by atoms with van der Waals surface area (Å²) in [6.45, 7) is 0.538. The highest BCUT2D eigenvalue weighted by Crippen LogP contribution is 2.25. The van der Waals surface area contributed by atoms with E-state index in [2.05, 4.69) is 15.4 Å². The monoisotopic (exact) mass is 445 g/mol. The molecule has 0 spiro atoms. The molecule has 0 saturated heterocycles. The molecule has 1 aliphatic heterocycles. The predicted octanol–water partition coefficient (Wildman–Crippen LogP) is 2.34. The van der Waals surface area contributed by atoms with E-state index in [-0.39, 0.29) is 29.7 Å². The van der Waals surface area contributed by atoms with Crippen molar-refractivity contribution in [2.45, 2.75) is 43.5 Å². The van der Waals surface area contributed by atoms with Gasteiger partial charge in [-0.15, -0.1) is 0 Å². The molecule has 0 radical (unpaired) electrons. The molecule has 0 aliphatic carbocycles. The maximum absolute atomic E-state index is 12.6. The van der Waals surface area contributed by atoms with E-state index in [1.165, 1.54) is 6.07 Å². The Kier molecular flexibility index (Phi) is 7.64. The number of fused-ring (bicyclic) bond motifs is 1. The summed E-state index contributed by atoms with van der Waals surface area (Å²) < 4.78 is 32.8. The highest BCUT2D eigenvalue weighted by atomic mass is 32.2. The van der Waals surface area contributed by atoms with Crippen molar-refractivity contribution in [3.05, 3.63) is 53.6 Å². The number of benzene rings is 2. The molecule has 31 heavy (non-hydrogen) atoms. The molecular weight excluding hydrogens is 418 g/mol. The lowest BCUT2D eigenvalue weighted by atomic mass is 10.1. The van der Waals surface area contributed by atoms with Crippen LogP contribution in [0.5, 0.6) is 5.75 Å². The molecule has 0 saturated carbocycles. The number of hydrogen-bond donors (Lipinski definition) is 3. The third kappa shape index (κ3) is 6.53. The number of rotatable bonds is 9. The van der Waals surface area contributed by atoms with Gasteiger partial charge in [0, 0.05) is 31.6 Å². The summed E-state index contributed by atoms with van der Waals surface area (Å²) in [6.07, 6.45) is 2.34. The Balaban J connectivity index is 1.46. The molecule has 0 atom stereocenters. The minimum Gasteiger partial charge on any atom is -0.497 e. The summed E-state index contributed by atoms with van der Waals surface area (Å²) in [4.78, 5) is 23.8. The topological polar surface area (TPSA) is 114 Å². The Hall–Kier alpha value is -2.91. The third-order valence-electron chi connectivity index (χ3n) is 5.01. The minimum absolute atomic E-state index is 0.0582. The Labute approximate surface area is 182 Å². The summed E-state index contributed by atoms with van der Waals surface area (Å²) in [6, 6.07) is 12.1. The second kappa shape index (κ2) is 10.4. The van der Waals surface area contributed by atoms with E-state index in [4.69, 9.17) is 4.74 Å². The average Bonchev–Trinajstić information content (AvgIpc) is 2.95. The third-order valence-corrected chi connectivity index (χ3v) is 6.47. The molecule has 3 rings (SSSR count). The number of methoxy groups -OCH3 is 1. The van der Waals surface area contributed by atoms with Gasteiger partial charge in [-0.25, -0.2) is 13.1 Å². The van der Waals surface area contributed by atoms with Crippen molar-refractivity contribution in [3.8, 4) is 5.75 Å². The van der Waals surface area contributed by atoms with Crippen molar-refractivity contribution in [2.75, 3.05) is 19.0 Å². The normalized spacial score (nSPS) is 13.6. The van der Waals surface area contributed by atoms with E-state index in [0.717, 1.165) is 16.9 Å². The summed E-state index contributed by atoms with van der Waals surface area (Å²) in [5.41, 5.74) is 2.40. The summed E-state index contributed by atoms with van der Waals surface area (Å²) in [7, 11) is -2.10. The van der Waals surface area contributed by atoms with Crippen LogP contribution < -0.4 is 20.1 Å². The smallest absolute Gasteiger partial charge is 0.240 e. The number of amides is 2. The van der Waals surface area contributed by atoms with Gasteiger partial charge in [-0.2, -0.15) is 0 Å². The molecule has 9 heteroatoms. The standard InChI is InChI=1S/C22H27N3O5S/c1-30-18-7-2-5-16(13-18)15-23-21(26)9-4-12-24-31(28,29)19-10-11-20-17(14-19)6-3-8-22(27)25-20/h2,5,7,10-11,13-14,24H,3-4,6,8-9,12,15H2,1H3,(H,23,26)(H,25,27). The van der Waals surface area contributed by atoms with E-state index in [1.807, 2.05) is 24.3 Å². The van der Waals surface area contributed by atoms with Gasteiger partial charge < -0.3 is 15.4 Å². The lowest BCUT2D eigenvalue weighted by Gasteiger charge is -2.11. The first kappa shape index (κ1) is 22.8. The first-order valence-electron chi connectivity index (χ1n) is 10.2. The van der Waals surface area contributed by atoms with Crippen LogP contribution in [0.25, 0.3) is 0 Å². The Morgan fingerprint density at radius 2 is 2.00 bits per heavy atom. The lowest BCUT2D eigenvalue weighted by Crippen LogP contribution is -2.27. The maximum atomic E-state index is 12.6. The van der Waals surface area contributed by atoms with Crippen LogP contribution in [-0.2, 0) is 32.6 Å². The minimum atomic E-state index is -3.69. The van der Waals surface area contributed by atoms with Crippen LogP contribution in [0.1, 0.15) is 36.8 Å². The van der Waals surface area contributed by atoms with Crippen LogP contribution in [-0.4, -0.2) is 33.9 Å². The summed E-state index contributed by atoms with van der Waals surface area (Å²) in [5.74, 6) is 0.515. The molecule has 0 unspecified atom stereocenters. The van der Waals surface area contributed by atoms with Crippen molar-refractivity contribution in [2.24, 2.45) is 0 Å². The fourth-order valence-corrected chi connectivity index (χ4v) is 4.45. The lowest BCUT2D eigenvalue weighted by molar-refractivity contribution is -0.121. The zero-order chi connectivity index (χ0) is 22.3. The van der Waals surface area contributed by atoms with E-state index < -0.39 is 10.0 Å². The molecular formula is C22H27N3O5S. The van der Waals surface area contributed by atoms with Crippen molar-refractivity contribution in [1.82, 2.24) is 10.0 Å². The van der Waals surface area contributed by atoms with Gasteiger partial charge in [0.1, 0.15) is 5.75 Å². The van der Waals surface area contributed by atoms with Crippen LogP contribution in [0.4, 0.5) is 5.69 Å². The number of carbonyl (C=O) groups is 2. The largest absolute Gasteiger partial charge is 0.497 e. The first-order chi connectivity index (χ1) is 14.9. The molecule has 2 aromatic rings. The van der Waals surface area contributed by atoms with Crippen LogP contribution >= 0.6 is 0 Å². The molecule has 0 bridgehead atoms. The van der Waals surface area contributed by atoms with Crippen LogP contribution in [0.15, 0.2) is 47.4 Å². The molecule has 8 nitrogen and oxygen atoms in total. The van der Waals surface area contributed by atoms with Gasteiger partial charge in [0.25, 0.3) is 0 Å². The summed E-state index contributed by atoms with van der Waals surface area (Å²) in [5, 5.41) is 5.61. The average molecular weight is 446 g/mol. The van der Waals surface area contributed by atoms with Crippen molar-refractivity contribution in [3.63, 3.8) is 0 Å². The highest BCUT2D eigenvalue weighted by Gasteiger charge is 2.18. The molecule has 0 aromatic heterocycles.